The largest absolute Gasteiger partial charge is 0.321 e. The van der Waals surface area contributed by atoms with E-state index in [2.05, 4.69) is 46.4 Å². The molecule has 3 heterocycles. The molecule has 3 atom stereocenters. The van der Waals surface area contributed by atoms with Gasteiger partial charge in [0.05, 0.1) is 27.9 Å². The van der Waals surface area contributed by atoms with E-state index in [0.29, 0.717) is 28.6 Å². The molecule has 0 bridgehead atoms. The number of nitrogens with zero attached hydrogens (tertiary/aromatic N) is 3. The Hall–Kier alpha value is -3.40. The van der Waals surface area contributed by atoms with Crippen molar-refractivity contribution in [3.63, 3.8) is 0 Å². The number of hydrazine groups is 1. The van der Waals surface area contributed by atoms with Crippen LogP contribution in [0, 0.1) is 26.7 Å². The van der Waals surface area contributed by atoms with Crippen molar-refractivity contribution in [1.82, 2.24) is 25.8 Å². The SMILES string of the molecule is Cc1cc(NC(=O)c2ccccc2Cl)n(C2NC(=O)C3CNN(c4cccc(C)c4C)C3N2)n1. The van der Waals surface area contributed by atoms with Gasteiger partial charge in [0.2, 0.25) is 5.91 Å². The quantitative estimate of drug-likeness (QED) is 0.459. The fourth-order valence-corrected chi connectivity index (χ4v) is 4.68. The van der Waals surface area contributed by atoms with Gasteiger partial charge in [-0.1, -0.05) is 35.9 Å². The van der Waals surface area contributed by atoms with Gasteiger partial charge in [-0.3, -0.25) is 19.9 Å². The van der Waals surface area contributed by atoms with Gasteiger partial charge in [0.25, 0.3) is 5.91 Å². The van der Waals surface area contributed by atoms with Crippen LogP contribution in [0.4, 0.5) is 11.5 Å². The van der Waals surface area contributed by atoms with Crippen molar-refractivity contribution in [1.29, 1.82) is 0 Å². The Morgan fingerprint density at radius 1 is 1.15 bits per heavy atom. The minimum absolute atomic E-state index is 0.0920. The second-order valence-corrected chi connectivity index (χ2v) is 9.04. The van der Waals surface area contributed by atoms with Crippen LogP contribution in [0.15, 0.2) is 48.5 Å². The molecule has 9 nitrogen and oxygen atoms in total. The van der Waals surface area contributed by atoms with Crippen LogP contribution in [0.25, 0.3) is 0 Å². The molecule has 2 aromatic carbocycles. The third-order valence-corrected chi connectivity index (χ3v) is 6.71. The van der Waals surface area contributed by atoms with Gasteiger partial charge in [-0.2, -0.15) is 5.10 Å². The minimum Gasteiger partial charge on any atom is -0.321 e. The topological polar surface area (TPSA) is 103 Å². The van der Waals surface area contributed by atoms with E-state index < -0.39 is 6.29 Å². The summed E-state index contributed by atoms with van der Waals surface area (Å²) >= 11 is 6.19. The second-order valence-electron chi connectivity index (χ2n) is 8.63. The van der Waals surface area contributed by atoms with Crippen LogP contribution >= 0.6 is 11.6 Å². The molecule has 2 amide bonds. The van der Waals surface area contributed by atoms with Crippen LogP contribution in [0.1, 0.15) is 33.5 Å². The molecule has 0 radical (unpaired) electrons. The van der Waals surface area contributed by atoms with Gasteiger partial charge >= 0.3 is 0 Å². The lowest BCUT2D eigenvalue weighted by Crippen LogP contribution is -2.62. The zero-order valence-corrected chi connectivity index (χ0v) is 19.8. The number of nitrogens with one attached hydrogen (secondary N) is 4. The highest BCUT2D eigenvalue weighted by atomic mass is 35.5. The van der Waals surface area contributed by atoms with Crippen molar-refractivity contribution in [2.24, 2.45) is 5.92 Å². The number of fused-ring (bicyclic) bond motifs is 1. The summed E-state index contributed by atoms with van der Waals surface area (Å²) < 4.78 is 1.58. The lowest BCUT2D eigenvalue weighted by atomic mass is 10.0. The smallest absolute Gasteiger partial charge is 0.258 e. The van der Waals surface area contributed by atoms with E-state index in [9.17, 15) is 9.59 Å². The number of anilines is 2. The minimum atomic E-state index is -0.656. The number of benzene rings is 2. The molecule has 2 aliphatic heterocycles. The van der Waals surface area contributed by atoms with Crippen LogP contribution in [0.5, 0.6) is 0 Å². The average Bonchev–Trinajstić information content (AvgIpc) is 3.39. The van der Waals surface area contributed by atoms with E-state index in [1.807, 2.05) is 24.1 Å². The van der Waals surface area contributed by atoms with Crippen LogP contribution in [-0.4, -0.2) is 34.3 Å². The predicted octanol–water partition coefficient (Wildman–Crippen LogP) is 2.86. The summed E-state index contributed by atoms with van der Waals surface area (Å²) in [6.07, 6.45) is -0.951. The summed E-state index contributed by atoms with van der Waals surface area (Å²) in [5.41, 5.74) is 7.74. The lowest BCUT2D eigenvalue weighted by molar-refractivity contribution is -0.129. The van der Waals surface area contributed by atoms with Crippen molar-refractivity contribution in [2.45, 2.75) is 33.2 Å². The van der Waals surface area contributed by atoms with Crippen molar-refractivity contribution >= 4 is 34.9 Å². The van der Waals surface area contributed by atoms with Crippen molar-refractivity contribution in [3.8, 4) is 0 Å². The molecular weight excluding hydrogens is 454 g/mol. The van der Waals surface area contributed by atoms with Crippen LogP contribution < -0.4 is 26.4 Å². The number of carbonyl (C=O) groups excluding carboxylic acids is 2. The predicted molar refractivity (Wildman–Crippen MR) is 130 cm³/mol. The van der Waals surface area contributed by atoms with E-state index >= 15 is 0 Å². The first-order valence-corrected chi connectivity index (χ1v) is 11.5. The summed E-state index contributed by atoms with van der Waals surface area (Å²) in [5.74, 6) is -0.284. The van der Waals surface area contributed by atoms with Crippen LogP contribution in [0.3, 0.4) is 0 Å². The zero-order valence-electron chi connectivity index (χ0n) is 19.1. The summed E-state index contributed by atoms with van der Waals surface area (Å²) in [7, 11) is 0. The van der Waals surface area contributed by atoms with E-state index in [4.69, 9.17) is 11.6 Å². The average molecular weight is 480 g/mol. The van der Waals surface area contributed by atoms with E-state index in [-0.39, 0.29) is 23.9 Å². The van der Waals surface area contributed by atoms with Crippen LogP contribution in [0.2, 0.25) is 5.02 Å². The third kappa shape index (κ3) is 3.91. The van der Waals surface area contributed by atoms with Crippen molar-refractivity contribution < 1.29 is 9.59 Å². The fraction of sp³-hybridized carbons (Fsp3) is 0.292. The number of hydrogen-bond donors (Lipinski definition) is 4. The molecule has 176 valence electrons. The summed E-state index contributed by atoms with van der Waals surface area (Å²) in [6, 6.07) is 14.7. The highest BCUT2D eigenvalue weighted by Gasteiger charge is 2.45. The number of halogens is 1. The van der Waals surface area contributed by atoms with Crippen molar-refractivity contribution in [3.05, 3.63) is 75.9 Å². The Labute approximate surface area is 202 Å². The molecule has 0 aliphatic carbocycles. The van der Waals surface area contributed by atoms with Gasteiger partial charge in [-0.15, -0.1) is 0 Å². The second kappa shape index (κ2) is 8.75. The number of amides is 2. The standard InChI is InChI=1S/C24H26ClN7O2/c1-13-7-6-10-19(15(13)3)31-21-17(12-26-31)23(34)29-24(28-21)32-20(11-14(2)30-32)27-22(33)16-8-4-5-9-18(16)25/h4-11,17,21,24,26,28H,12H2,1-3H3,(H,27,33)(H,29,34). The van der Waals surface area contributed by atoms with Gasteiger partial charge in [-0.25, -0.2) is 10.1 Å². The monoisotopic (exact) mass is 479 g/mol. The first kappa shape index (κ1) is 22.4. The molecule has 3 unspecified atom stereocenters. The molecule has 10 heteroatoms. The molecule has 0 spiro atoms. The molecule has 0 saturated carbocycles. The highest BCUT2D eigenvalue weighted by Crippen LogP contribution is 2.31. The number of carbonyl (C=O) groups is 2. The Bertz CT molecular complexity index is 1270. The maximum Gasteiger partial charge on any atom is 0.258 e. The summed E-state index contributed by atoms with van der Waals surface area (Å²) in [4.78, 5) is 25.9. The molecule has 2 fully saturated rings. The maximum absolute atomic E-state index is 13.0. The van der Waals surface area contributed by atoms with Gasteiger partial charge in [0, 0.05) is 12.6 Å². The maximum atomic E-state index is 13.0. The molecule has 2 aliphatic rings. The molecule has 3 aromatic rings. The summed E-state index contributed by atoms with van der Waals surface area (Å²) in [5, 5.41) is 16.3. The van der Waals surface area contributed by atoms with Gasteiger partial charge < -0.3 is 10.6 Å². The fourth-order valence-electron chi connectivity index (χ4n) is 4.46. The Morgan fingerprint density at radius 3 is 2.74 bits per heavy atom. The molecular formula is C24H26ClN7O2. The van der Waals surface area contributed by atoms with Gasteiger partial charge in [0.15, 0.2) is 6.29 Å². The van der Waals surface area contributed by atoms with E-state index in [0.717, 1.165) is 11.3 Å². The van der Waals surface area contributed by atoms with E-state index in [1.54, 1.807) is 35.0 Å². The van der Waals surface area contributed by atoms with Crippen LogP contribution in [-0.2, 0) is 4.79 Å². The van der Waals surface area contributed by atoms with Gasteiger partial charge in [-0.05, 0) is 50.1 Å². The number of rotatable bonds is 4. The summed E-state index contributed by atoms with van der Waals surface area (Å²) in [6.45, 7) is 6.47. The van der Waals surface area contributed by atoms with Gasteiger partial charge in [0.1, 0.15) is 12.0 Å². The van der Waals surface area contributed by atoms with E-state index in [1.165, 1.54) is 5.56 Å². The zero-order chi connectivity index (χ0) is 24.0. The third-order valence-electron chi connectivity index (χ3n) is 6.38. The Balaban J connectivity index is 1.43. The molecule has 2 saturated heterocycles. The first-order valence-electron chi connectivity index (χ1n) is 11.1. The number of hydrogen-bond acceptors (Lipinski definition) is 6. The number of aromatic nitrogens is 2. The first-order chi connectivity index (χ1) is 16.3. The Kier molecular flexibility index (Phi) is 5.76. The molecule has 34 heavy (non-hydrogen) atoms. The molecule has 5 rings (SSSR count). The Morgan fingerprint density at radius 2 is 1.94 bits per heavy atom. The van der Waals surface area contributed by atoms with Crippen molar-refractivity contribution in [2.75, 3.05) is 16.9 Å². The molecule has 4 N–H and O–H groups in total. The molecule has 1 aromatic heterocycles. The normalized spacial score (nSPS) is 21.8. The number of aryl methyl sites for hydroxylation is 2. The lowest BCUT2D eigenvalue weighted by Gasteiger charge is -2.38. The highest BCUT2D eigenvalue weighted by molar-refractivity contribution is 6.34.